The average molecular weight is 379 g/mol. The molecular weight excluding hydrogens is 356 g/mol. The lowest BCUT2D eigenvalue weighted by molar-refractivity contribution is -0.132. The molecule has 6 nitrogen and oxygen atoms in total. The molecule has 0 aliphatic carbocycles. The predicted octanol–water partition coefficient (Wildman–Crippen LogP) is 2.59. The fourth-order valence-electron chi connectivity index (χ4n) is 2.94. The molecule has 134 valence electrons. The monoisotopic (exact) mass is 378 g/mol. The van der Waals surface area contributed by atoms with Gasteiger partial charge < -0.3 is 10.6 Å². The van der Waals surface area contributed by atoms with Crippen LogP contribution in [0.5, 0.6) is 0 Å². The summed E-state index contributed by atoms with van der Waals surface area (Å²) in [6.07, 6.45) is 2.34. The largest absolute Gasteiger partial charge is 0.342 e. The lowest BCUT2D eigenvalue weighted by Gasteiger charge is -2.34. The molecule has 3 rings (SSSR count). The van der Waals surface area contributed by atoms with E-state index < -0.39 is 0 Å². The van der Waals surface area contributed by atoms with Crippen molar-refractivity contribution < 1.29 is 9.59 Å². The Labute approximate surface area is 155 Å². The van der Waals surface area contributed by atoms with E-state index in [2.05, 4.69) is 10.3 Å². The number of aromatic nitrogens is 1. The smallest absolute Gasteiger partial charge is 0.267 e. The van der Waals surface area contributed by atoms with Crippen LogP contribution in [0.4, 0.5) is 5.13 Å². The van der Waals surface area contributed by atoms with Crippen LogP contribution in [0.15, 0.2) is 22.9 Å². The lowest BCUT2D eigenvalue weighted by Crippen LogP contribution is -2.45. The molecule has 1 saturated heterocycles. The van der Waals surface area contributed by atoms with Gasteiger partial charge in [-0.25, -0.2) is 4.98 Å². The molecule has 2 aromatic heterocycles. The van der Waals surface area contributed by atoms with Gasteiger partial charge in [0.2, 0.25) is 5.91 Å². The molecule has 2 atom stereocenters. The summed E-state index contributed by atoms with van der Waals surface area (Å²) in [6.45, 7) is 3.51. The Kier molecular flexibility index (Phi) is 5.82. The first-order chi connectivity index (χ1) is 12.0. The number of likely N-dealkylation sites (tertiary alicyclic amines) is 1. The fourth-order valence-corrected chi connectivity index (χ4v) is 4.27. The zero-order valence-corrected chi connectivity index (χ0v) is 15.7. The molecule has 2 unspecified atom stereocenters. The second kappa shape index (κ2) is 8.07. The van der Waals surface area contributed by atoms with Gasteiger partial charge in [0.25, 0.3) is 5.91 Å². The molecule has 0 saturated carbocycles. The van der Waals surface area contributed by atoms with E-state index in [0.717, 1.165) is 25.9 Å². The Morgan fingerprint density at radius 3 is 3.04 bits per heavy atom. The van der Waals surface area contributed by atoms with E-state index >= 15 is 0 Å². The highest BCUT2D eigenvalue weighted by molar-refractivity contribution is 7.14. The highest BCUT2D eigenvalue weighted by Gasteiger charge is 2.26. The van der Waals surface area contributed by atoms with Gasteiger partial charge in [-0.1, -0.05) is 6.07 Å². The van der Waals surface area contributed by atoms with E-state index in [-0.39, 0.29) is 24.3 Å². The fraction of sp³-hybridized carbons (Fsp3) is 0.471. The number of thiazole rings is 1. The summed E-state index contributed by atoms with van der Waals surface area (Å²) in [5, 5.41) is 6.98. The number of rotatable bonds is 5. The van der Waals surface area contributed by atoms with Gasteiger partial charge in [0.1, 0.15) is 0 Å². The van der Waals surface area contributed by atoms with E-state index in [9.17, 15) is 9.59 Å². The van der Waals surface area contributed by atoms with Crippen molar-refractivity contribution in [2.75, 3.05) is 18.4 Å². The van der Waals surface area contributed by atoms with Crippen molar-refractivity contribution in [1.29, 1.82) is 0 Å². The number of anilines is 1. The Morgan fingerprint density at radius 2 is 2.32 bits per heavy atom. The number of carbonyl (C=O) groups is 2. The molecule has 0 spiro atoms. The number of nitrogens with zero attached hydrogens (tertiary/aromatic N) is 2. The molecule has 3 heterocycles. The van der Waals surface area contributed by atoms with Gasteiger partial charge in [0, 0.05) is 24.5 Å². The minimum Gasteiger partial charge on any atom is -0.342 e. The first kappa shape index (κ1) is 18.0. The van der Waals surface area contributed by atoms with Crippen molar-refractivity contribution >= 4 is 39.6 Å². The topological polar surface area (TPSA) is 88.3 Å². The minimum absolute atomic E-state index is 0.0757. The zero-order chi connectivity index (χ0) is 17.8. The van der Waals surface area contributed by atoms with E-state index in [1.807, 2.05) is 28.7 Å². The minimum atomic E-state index is -0.168. The number of nitrogens with one attached hydrogen (secondary N) is 1. The average Bonchev–Trinajstić information content (AvgIpc) is 3.27. The maximum absolute atomic E-state index is 12.5. The van der Waals surface area contributed by atoms with E-state index in [1.165, 1.54) is 22.7 Å². The molecule has 1 aliphatic rings. The second-order valence-corrected chi connectivity index (χ2v) is 8.16. The van der Waals surface area contributed by atoms with Crippen LogP contribution in [0.2, 0.25) is 0 Å². The van der Waals surface area contributed by atoms with Crippen LogP contribution in [0, 0.1) is 5.92 Å². The second-order valence-electron chi connectivity index (χ2n) is 6.35. The molecule has 8 heteroatoms. The van der Waals surface area contributed by atoms with Crippen molar-refractivity contribution in [2.45, 2.75) is 32.2 Å². The Hall–Kier alpha value is -1.77. The van der Waals surface area contributed by atoms with E-state index in [4.69, 9.17) is 5.73 Å². The van der Waals surface area contributed by atoms with Crippen molar-refractivity contribution in [2.24, 2.45) is 11.7 Å². The third kappa shape index (κ3) is 4.65. The third-order valence-electron chi connectivity index (χ3n) is 4.40. The first-order valence-electron chi connectivity index (χ1n) is 8.35. The van der Waals surface area contributed by atoms with Crippen LogP contribution in [-0.2, 0) is 11.2 Å². The maximum atomic E-state index is 12.5. The van der Waals surface area contributed by atoms with Gasteiger partial charge in [-0.3, -0.25) is 14.9 Å². The predicted molar refractivity (Wildman–Crippen MR) is 101 cm³/mol. The number of hydrogen-bond donors (Lipinski definition) is 2. The zero-order valence-electron chi connectivity index (χ0n) is 14.1. The summed E-state index contributed by atoms with van der Waals surface area (Å²) in [5.74, 6) is 0.276. The van der Waals surface area contributed by atoms with Gasteiger partial charge in [-0.15, -0.1) is 22.7 Å². The summed E-state index contributed by atoms with van der Waals surface area (Å²) in [6, 6.07) is 3.71. The summed E-state index contributed by atoms with van der Waals surface area (Å²) < 4.78 is 0. The molecule has 3 N–H and O–H groups in total. The normalized spacial score (nSPS) is 18.8. The maximum Gasteiger partial charge on any atom is 0.267 e. The van der Waals surface area contributed by atoms with E-state index in [1.54, 1.807) is 6.07 Å². The lowest BCUT2D eigenvalue weighted by atomic mass is 9.92. The molecule has 0 bridgehead atoms. The molecular formula is C17H22N4O2S2. The van der Waals surface area contributed by atoms with Gasteiger partial charge in [0.05, 0.1) is 17.0 Å². The van der Waals surface area contributed by atoms with E-state index in [0.29, 0.717) is 21.6 Å². The highest BCUT2D eigenvalue weighted by atomic mass is 32.1. The standard InChI is InChI=1S/C17H22N4O2S2/c1-11(18)12-4-2-6-21(9-12)15(22)8-13-10-25-17(19-13)20-16(23)14-5-3-7-24-14/h3,5,7,10-12H,2,4,6,8-9,18H2,1H3,(H,19,20,23). The number of amides is 2. The van der Waals surface area contributed by atoms with Crippen LogP contribution in [0.1, 0.15) is 35.1 Å². The molecule has 25 heavy (non-hydrogen) atoms. The quantitative estimate of drug-likeness (QED) is 0.837. The molecule has 2 aromatic rings. The van der Waals surface area contributed by atoms with Gasteiger partial charge in [-0.05, 0) is 37.1 Å². The third-order valence-corrected chi connectivity index (χ3v) is 6.08. The van der Waals surface area contributed by atoms with Gasteiger partial charge in [-0.2, -0.15) is 0 Å². The number of hydrogen-bond acceptors (Lipinski definition) is 6. The summed E-state index contributed by atoms with van der Waals surface area (Å²) in [5.41, 5.74) is 6.68. The van der Waals surface area contributed by atoms with Crippen molar-refractivity contribution in [3.8, 4) is 0 Å². The van der Waals surface area contributed by atoms with Crippen molar-refractivity contribution in [1.82, 2.24) is 9.88 Å². The van der Waals surface area contributed by atoms with Crippen LogP contribution in [0.25, 0.3) is 0 Å². The number of nitrogens with two attached hydrogens (primary N) is 1. The Bertz CT molecular complexity index is 727. The molecule has 1 fully saturated rings. The summed E-state index contributed by atoms with van der Waals surface area (Å²) in [4.78, 5) is 31.5. The van der Waals surface area contributed by atoms with Crippen molar-refractivity contribution in [3.05, 3.63) is 33.5 Å². The van der Waals surface area contributed by atoms with Crippen molar-refractivity contribution in [3.63, 3.8) is 0 Å². The van der Waals surface area contributed by atoms with Crippen LogP contribution in [0.3, 0.4) is 0 Å². The summed E-state index contributed by atoms with van der Waals surface area (Å²) in [7, 11) is 0. The first-order valence-corrected chi connectivity index (χ1v) is 10.1. The summed E-state index contributed by atoms with van der Waals surface area (Å²) >= 11 is 2.72. The highest BCUT2D eigenvalue weighted by Crippen LogP contribution is 2.21. The molecule has 1 aliphatic heterocycles. The number of carbonyl (C=O) groups excluding carboxylic acids is 2. The number of thiophene rings is 1. The van der Waals surface area contributed by atoms with Crippen LogP contribution in [-0.4, -0.2) is 40.8 Å². The molecule has 0 radical (unpaired) electrons. The Morgan fingerprint density at radius 1 is 1.48 bits per heavy atom. The SMILES string of the molecule is CC(N)C1CCCN(C(=O)Cc2csc(NC(=O)c3cccs3)n2)C1. The van der Waals surface area contributed by atoms with Crippen LogP contribution >= 0.6 is 22.7 Å². The Balaban J connectivity index is 1.55. The van der Waals surface area contributed by atoms with Crippen LogP contribution < -0.4 is 11.1 Å². The molecule has 0 aromatic carbocycles. The molecule has 2 amide bonds. The van der Waals surface area contributed by atoms with Gasteiger partial charge >= 0.3 is 0 Å². The van der Waals surface area contributed by atoms with Gasteiger partial charge in [0.15, 0.2) is 5.13 Å². The number of piperidine rings is 1.